The van der Waals surface area contributed by atoms with Crippen molar-refractivity contribution >= 4 is 16.0 Å². The van der Waals surface area contributed by atoms with Crippen LogP contribution in [-0.4, -0.2) is 26.6 Å². The molecule has 8 heteroatoms. The normalized spacial score (nSPS) is 13.0. The third-order valence-electron chi connectivity index (χ3n) is 4.80. The molecule has 2 N–H and O–H groups in total. The van der Waals surface area contributed by atoms with Gasteiger partial charge in [-0.1, -0.05) is 48.5 Å². The first-order chi connectivity index (χ1) is 14.8. The first-order valence-electron chi connectivity index (χ1n) is 9.27. The lowest BCUT2D eigenvalue weighted by Crippen LogP contribution is -2.47. The van der Waals surface area contributed by atoms with Crippen molar-refractivity contribution in [3.63, 3.8) is 0 Å². The summed E-state index contributed by atoms with van der Waals surface area (Å²) in [6.45, 7) is 0. The minimum atomic E-state index is -4.19. The first-order valence-corrected chi connectivity index (χ1v) is 10.8. The van der Waals surface area contributed by atoms with E-state index >= 15 is 0 Å². The summed E-state index contributed by atoms with van der Waals surface area (Å²) in [5.74, 6) is -0.780. The molecule has 31 heavy (non-hydrogen) atoms. The molecule has 0 aliphatic carbocycles. The van der Waals surface area contributed by atoms with E-state index in [-0.39, 0.29) is 22.4 Å². The fourth-order valence-corrected chi connectivity index (χ4v) is 4.59. The number of nitriles is 1. The Morgan fingerprint density at radius 1 is 1.03 bits per heavy atom. The molecule has 0 aromatic heterocycles. The fourth-order valence-electron chi connectivity index (χ4n) is 3.30. The standard InChI is InChI=1S/C23H20N2O5S/c1-30-18-11-13-19(14-12-18)31(28,29)25-23(16-24,15-17-7-3-2-4-8-17)21-10-6-5-9-20(21)22(26)27/h2-14,25H,15H2,1H3,(H,26,27). The molecule has 3 aromatic rings. The van der Waals surface area contributed by atoms with Crippen molar-refractivity contribution < 1.29 is 23.1 Å². The van der Waals surface area contributed by atoms with Gasteiger partial charge in [-0.05, 0) is 35.9 Å². The third kappa shape index (κ3) is 4.74. The van der Waals surface area contributed by atoms with Crippen molar-refractivity contribution in [2.75, 3.05) is 7.11 Å². The highest BCUT2D eigenvalue weighted by atomic mass is 32.2. The van der Waals surface area contributed by atoms with Crippen LogP contribution in [0.1, 0.15) is 21.5 Å². The number of hydrogen-bond acceptors (Lipinski definition) is 5. The molecule has 3 aromatic carbocycles. The number of nitrogens with zero attached hydrogens (tertiary/aromatic N) is 1. The van der Waals surface area contributed by atoms with Gasteiger partial charge in [0.05, 0.1) is 23.6 Å². The summed E-state index contributed by atoms with van der Waals surface area (Å²) in [6.07, 6.45) is -0.0655. The number of rotatable bonds is 8. The molecule has 7 nitrogen and oxygen atoms in total. The van der Waals surface area contributed by atoms with E-state index in [4.69, 9.17) is 4.74 Å². The number of benzene rings is 3. The van der Waals surface area contributed by atoms with Crippen LogP contribution in [0, 0.1) is 11.3 Å². The van der Waals surface area contributed by atoms with Crippen LogP contribution < -0.4 is 9.46 Å². The molecule has 0 saturated carbocycles. The molecule has 0 spiro atoms. The van der Waals surface area contributed by atoms with Crippen molar-refractivity contribution in [2.24, 2.45) is 0 Å². The lowest BCUT2D eigenvalue weighted by Gasteiger charge is -2.29. The Kier molecular flexibility index (Phi) is 6.39. The van der Waals surface area contributed by atoms with E-state index in [0.29, 0.717) is 11.3 Å². The average molecular weight is 436 g/mol. The second-order valence-corrected chi connectivity index (χ2v) is 8.49. The molecule has 158 valence electrons. The molecule has 0 radical (unpaired) electrons. The number of aromatic carboxylic acids is 1. The van der Waals surface area contributed by atoms with Crippen LogP contribution in [0.25, 0.3) is 0 Å². The summed E-state index contributed by atoms with van der Waals surface area (Å²) in [7, 11) is -2.72. The fraction of sp³-hybridized carbons (Fsp3) is 0.130. The van der Waals surface area contributed by atoms with Crippen LogP contribution in [0.2, 0.25) is 0 Å². The quantitative estimate of drug-likeness (QED) is 0.559. The van der Waals surface area contributed by atoms with E-state index in [1.807, 2.05) is 6.07 Å². The number of carbonyl (C=O) groups is 1. The summed E-state index contributed by atoms with van der Waals surface area (Å²) >= 11 is 0. The highest BCUT2D eigenvalue weighted by Gasteiger charge is 2.40. The van der Waals surface area contributed by atoms with Gasteiger partial charge in [0.1, 0.15) is 11.3 Å². The first kappa shape index (κ1) is 22.0. The summed E-state index contributed by atoms with van der Waals surface area (Å²) in [5.41, 5.74) is -1.28. The number of carboxylic acids is 1. The van der Waals surface area contributed by atoms with Gasteiger partial charge in [0.2, 0.25) is 10.0 Å². The van der Waals surface area contributed by atoms with Gasteiger partial charge in [0.25, 0.3) is 0 Å². The van der Waals surface area contributed by atoms with Gasteiger partial charge in [-0.25, -0.2) is 13.2 Å². The molecule has 0 bridgehead atoms. The maximum Gasteiger partial charge on any atom is 0.336 e. The third-order valence-corrected chi connectivity index (χ3v) is 6.31. The molecule has 1 atom stereocenters. The number of nitrogens with one attached hydrogen (secondary N) is 1. The maximum atomic E-state index is 13.2. The topological polar surface area (TPSA) is 116 Å². The Hall–Kier alpha value is -3.67. The van der Waals surface area contributed by atoms with Crippen molar-refractivity contribution in [1.82, 2.24) is 4.72 Å². The van der Waals surface area contributed by atoms with Gasteiger partial charge >= 0.3 is 5.97 Å². The monoisotopic (exact) mass is 436 g/mol. The number of carboxylic acid groups (broad SMARTS) is 1. The molecule has 0 aliphatic heterocycles. The lowest BCUT2D eigenvalue weighted by atomic mass is 9.83. The van der Waals surface area contributed by atoms with Gasteiger partial charge in [-0.3, -0.25) is 0 Å². The zero-order valence-electron chi connectivity index (χ0n) is 16.6. The Bertz CT molecular complexity index is 1220. The van der Waals surface area contributed by atoms with E-state index in [1.165, 1.54) is 49.6 Å². The van der Waals surface area contributed by atoms with Crippen LogP contribution in [0.4, 0.5) is 0 Å². The van der Waals surface area contributed by atoms with Crippen LogP contribution in [-0.2, 0) is 22.0 Å². The molecular weight excluding hydrogens is 416 g/mol. The predicted octanol–water partition coefficient (Wildman–Crippen LogP) is 3.33. The molecule has 0 amide bonds. The average Bonchev–Trinajstić information content (AvgIpc) is 2.79. The smallest absolute Gasteiger partial charge is 0.336 e. The van der Waals surface area contributed by atoms with Crippen molar-refractivity contribution in [3.05, 3.63) is 95.6 Å². The van der Waals surface area contributed by atoms with Crippen molar-refractivity contribution in [3.8, 4) is 11.8 Å². The molecule has 3 rings (SSSR count). The van der Waals surface area contributed by atoms with Crippen molar-refractivity contribution in [1.29, 1.82) is 5.26 Å². The highest BCUT2D eigenvalue weighted by Crippen LogP contribution is 2.31. The number of ether oxygens (including phenoxy) is 1. The zero-order chi connectivity index (χ0) is 22.5. The Morgan fingerprint density at radius 3 is 2.23 bits per heavy atom. The van der Waals surface area contributed by atoms with Crippen molar-refractivity contribution in [2.45, 2.75) is 16.9 Å². The minimum Gasteiger partial charge on any atom is -0.497 e. The van der Waals surface area contributed by atoms with Gasteiger partial charge in [-0.2, -0.15) is 9.98 Å². The Morgan fingerprint density at radius 2 is 1.65 bits per heavy atom. The molecule has 0 heterocycles. The summed E-state index contributed by atoms with van der Waals surface area (Å²) in [4.78, 5) is 11.8. The number of methoxy groups -OCH3 is 1. The van der Waals surface area contributed by atoms with Gasteiger partial charge < -0.3 is 9.84 Å². The van der Waals surface area contributed by atoms with E-state index < -0.39 is 21.5 Å². The second-order valence-electron chi connectivity index (χ2n) is 6.81. The lowest BCUT2D eigenvalue weighted by molar-refractivity contribution is 0.0694. The van der Waals surface area contributed by atoms with E-state index in [9.17, 15) is 23.6 Å². The van der Waals surface area contributed by atoms with Crippen LogP contribution in [0.5, 0.6) is 5.75 Å². The van der Waals surface area contributed by atoms with Crippen LogP contribution in [0.3, 0.4) is 0 Å². The van der Waals surface area contributed by atoms with E-state index in [0.717, 1.165) is 0 Å². The predicted molar refractivity (Wildman–Crippen MR) is 114 cm³/mol. The summed E-state index contributed by atoms with van der Waals surface area (Å²) in [6, 6.07) is 22.4. The molecule has 1 unspecified atom stereocenters. The molecule has 0 aliphatic rings. The number of hydrogen-bond donors (Lipinski definition) is 2. The summed E-state index contributed by atoms with van der Waals surface area (Å²) in [5, 5.41) is 19.9. The molecular formula is C23H20N2O5S. The molecule has 0 saturated heterocycles. The minimum absolute atomic E-state index is 0.0611. The largest absolute Gasteiger partial charge is 0.497 e. The van der Waals surface area contributed by atoms with Crippen LogP contribution in [0.15, 0.2) is 83.8 Å². The summed E-state index contributed by atoms with van der Waals surface area (Å²) < 4.78 is 33.9. The Labute approximate surface area is 180 Å². The molecule has 0 fully saturated rings. The van der Waals surface area contributed by atoms with Crippen LogP contribution >= 0.6 is 0 Å². The SMILES string of the molecule is COc1ccc(S(=O)(=O)NC(C#N)(Cc2ccccc2)c2ccccc2C(=O)O)cc1. The number of sulfonamides is 1. The van der Waals surface area contributed by atoms with E-state index in [1.54, 1.807) is 36.4 Å². The maximum absolute atomic E-state index is 13.2. The highest BCUT2D eigenvalue weighted by molar-refractivity contribution is 7.89. The van der Waals surface area contributed by atoms with Gasteiger partial charge in [-0.15, -0.1) is 0 Å². The Balaban J connectivity index is 2.16. The van der Waals surface area contributed by atoms with E-state index in [2.05, 4.69) is 4.72 Å². The van der Waals surface area contributed by atoms with Gasteiger partial charge in [0.15, 0.2) is 0 Å². The zero-order valence-corrected chi connectivity index (χ0v) is 17.5. The second kappa shape index (κ2) is 9.00. The van der Waals surface area contributed by atoms with Gasteiger partial charge in [0, 0.05) is 12.0 Å².